The molecule has 2 aliphatic rings. The highest BCUT2D eigenvalue weighted by Gasteiger charge is 2.46. The number of rotatable bonds is 4. The summed E-state index contributed by atoms with van der Waals surface area (Å²) in [5.74, 6) is 1.07. The number of amidine groups is 1. The minimum atomic E-state index is -0.366. The van der Waals surface area contributed by atoms with Crippen molar-refractivity contribution in [3.63, 3.8) is 0 Å². The number of nitrogens with zero attached hydrogens (tertiary/aromatic N) is 3. The van der Waals surface area contributed by atoms with Crippen LogP contribution in [0.2, 0.25) is 0 Å². The minimum absolute atomic E-state index is 0.113. The van der Waals surface area contributed by atoms with Crippen molar-refractivity contribution in [2.75, 3.05) is 12.3 Å². The summed E-state index contributed by atoms with van der Waals surface area (Å²) in [6.45, 7) is 8.84. The van der Waals surface area contributed by atoms with Gasteiger partial charge in [0.15, 0.2) is 5.17 Å². The van der Waals surface area contributed by atoms with Crippen LogP contribution in [0.5, 0.6) is 0 Å². The van der Waals surface area contributed by atoms with Gasteiger partial charge in [0.05, 0.1) is 16.1 Å². The highest BCUT2D eigenvalue weighted by atomic mass is 32.2. The second-order valence-corrected chi connectivity index (χ2v) is 7.83. The summed E-state index contributed by atoms with van der Waals surface area (Å²) in [5, 5.41) is 11.9. The van der Waals surface area contributed by atoms with Gasteiger partial charge in [0.1, 0.15) is 0 Å². The van der Waals surface area contributed by atoms with Crippen LogP contribution in [0, 0.1) is 17.0 Å². The molecule has 6 heteroatoms. The molecule has 2 fully saturated rings. The molecule has 0 radical (unpaired) electrons. The summed E-state index contributed by atoms with van der Waals surface area (Å²) in [5.41, 5.74) is 3.11. The first-order valence-corrected chi connectivity index (χ1v) is 9.28. The molecule has 0 atom stereocenters. The molecule has 1 aromatic carbocycles. The molecule has 1 spiro atoms. The van der Waals surface area contributed by atoms with Gasteiger partial charge in [-0.15, -0.1) is 0 Å². The van der Waals surface area contributed by atoms with Gasteiger partial charge in [0.2, 0.25) is 0 Å². The van der Waals surface area contributed by atoms with E-state index in [2.05, 4.69) is 18.4 Å². The lowest BCUT2D eigenvalue weighted by molar-refractivity contribution is -0.384. The van der Waals surface area contributed by atoms with Gasteiger partial charge in [-0.3, -0.25) is 10.1 Å². The SMILES string of the molecule is C=C(C)CN1C(=Nc2ccc([N+](=O)[O-])cc2C)SCC12CCCC2. The van der Waals surface area contributed by atoms with Crippen molar-refractivity contribution < 1.29 is 4.92 Å². The third-order valence-corrected chi connectivity index (χ3v) is 6.09. The molecule has 128 valence electrons. The maximum absolute atomic E-state index is 10.9. The van der Waals surface area contributed by atoms with Gasteiger partial charge < -0.3 is 4.90 Å². The van der Waals surface area contributed by atoms with Crippen LogP contribution in [-0.2, 0) is 0 Å². The molecular formula is C18H23N3O2S. The Hall–Kier alpha value is -1.82. The quantitative estimate of drug-likeness (QED) is 0.445. The maximum atomic E-state index is 10.9. The number of aryl methyl sites for hydroxylation is 1. The molecule has 3 rings (SSSR count). The molecule has 1 aromatic rings. The van der Waals surface area contributed by atoms with Gasteiger partial charge in [0.25, 0.3) is 5.69 Å². The molecule has 5 nitrogen and oxygen atoms in total. The predicted molar refractivity (Wildman–Crippen MR) is 100 cm³/mol. The monoisotopic (exact) mass is 345 g/mol. The lowest BCUT2D eigenvalue weighted by Crippen LogP contribution is -2.46. The molecule has 24 heavy (non-hydrogen) atoms. The van der Waals surface area contributed by atoms with Crippen molar-refractivity contribution >= 4 is 28.3 Å². The van der Waals surface area contributed by atoms with Crippen molar-refractivity contribution in [1.29, 1.82) is 0 Å². The zero-order chi connectivity index (χ0) is 17.3. The molecule has 1 saturated heterocycles. The van der Waals surface area contributed by atoms with Crippen LogP contribution in [0.25, 0.3) is 0 Å². The third kappa shape index (κ3) is 3.20. The summed E-state index contributed by atoms with van der Waals surface area (Å²) in [6.07, 6.45) is 4.98. The fourth-order valence-corrected chi connectivity index (χ4v) is 5.00. The molecule has 0 aromatic heterocycles. The Kier molecular flexibility index (Phi) is 4.67. The summed E-state index contributed by atoms with van der Waals surface area (Å²) < 4.78 is 0. The Morgan fingerprint density at radius 2 is 2.17 bits per heavy atom. The normalized spacial score (nSPS) is 20.9. The number of non-ortho nitro benzene ring substituents is 1. The zero-order valence-electron chi connectivity index (χ0n) is 14.2. The lowest BCUT2D eigenvalue weighted by Gasteiger charge is -2.36. The van der Waals surface area contributed by atoms with Crippen LogP contribution < -0.4 is 0 Å². The van der Waals surface area contributed by atoms with Gasteiger partial charge in [-0.25, -0.2) is 4.99 Å². The third-order valence-electron chi connectivity index (χ3n) is 4.84. The number of aliphatic imine (C=N–C) groups is 1. The van der Waals surface area contributed by atoms with E-state index in [-0.39, 0.29) is 16.1 Å². The van der Waals surface area contributed by atoms with Gasteiger partial charge in [-0.05, 0) is 38.3 Å². The highest BCUT2D eigenvalue weighted by molar-refractivity contribution is 8.14. The van der Waals surface area contributed by atoms with E-state index in [0.717, 1.165) is 34.3 Å². The van der Waals surface area contributed by atoms with Gasteiger partial charge in [0, 0.05) is 24.4 Å². The Bertz CT molecular complexity index is 708. The topological polar surface area (TPSA) is 58.7 Å². The average molecular weight is 345 g/mol. The Morgan fingerprint density at radius 1 is 1.46 bits per heavy atom. The summed E-state index contributed by atoms with van der Waals surface area (Å²) in [7, 11) is 0. The van der Waals surface area contributed by atoms with Crippen molar-refractivity contribution in [3.05, 3.63) is 46.0 Å². The van der Waals surface area contributed by atoms with Crippen molar-refractivity contribution in [2.45, 2.75) is 45.1 Å². The lowest BCUT2D eigenvalue weighted by atomic mass is 9.98. The van der Waals surface area contributed by atoms with Crippen LogP contribution >= 0.6 is 11.8 Å². The van der Waals surface area contributed by atoms with E-state index < -0.39 is 0 Å². The van der Waals surface area contributed by atoms with Crippen LogP contribution in [0.3, 0.4) is 0 Å². The largest absolute Gasteiger partial charge is 0.341 e. The molecule has 0 unspecified atom stereocenters. The van der Waals surface area contributed by atoms with E-state index in [1.54, 1.807) is 23.9 Å². The first kappa shape index (κ1) is 17.0. The van der Waals surface area contributed by atoms with E-state index in [1.807, 2.05) is 6.92 Å². The van der Waals surface area contributed by atoms with Crippen LogP contribution in [0.15, 0.2) is 35.3 Å². The molecule has 1 saturated carbocycles. The Morgan fingerprint density at radius 3 is 2.75 bits per heavy atom. The number of benzene rings is 1. The van der Waals surface area contributed by atoms with E-state index >= 15 is 0 Å². The number of thioether (sulfide) groups is 1. The summed E-state index contributed by atoms with van der Waals surface area (Å²) in [6, 6.07) is 4.87. The van der Waals surface area contributed by atoms with E-state index in [4.69, 9.17) is 4.99 Å². The van der Waals surface area contributed by atoms with Crippen molar-refractivity contribution in [3.8, 4) is 0 Å². The van der Waals surface area contributed by atoms with Crippen LogP contribution in [-0.4, -0.2) is 32.8 Å². The molecule has 1 heterocycles. The molecular weight excluding hydrogens is 322 g/mol. The van der Waals surface area contributed by atoms with Gasteiger partial charge in [-0.1, -0.05) is 36.8 Å². The first-order chi connectivity index (χ1) is 11.4. The fourth-order valence-electron chi connectivity index (χ4n) is 3.58. The number of hydrogen-bond donors (Lipinski definition) is 0. The second-order valence-electron chi connectivity index (χ2n) is 6.89. The number of nitro groups is 1. The van der Waals surface area contributed by atoms with Gasteiger partial charge >= 0.3 is 0 Å². The van der Waals surface area contributed by atoms with E-state index in [9.17, 15) is 10.1 Å². The highest BCUT2D eigenvalue weighted by Crippen LogP contribution is 2.45. The maximum Gasteiger partial charge on any atom is 0.269 e. The number of hydrogen-bond acceptors (Lipinski definition) is 4. The Labute approximate surface area is 147 Å². The van der Waals surface area contributed by atoms with Crippen LogP contribution in [0.4, 0.5) is 11.4 Å². The van der Waals surface area contributed by atoms with E-state index in [0.29, 0.717) is 0 Å². The minimum Gasteiger partial charge on any atom is -0.341 e. The van der Waals surface area contributed by atoms with Crippen molar-refractivity contribution in [2.24, 2.45) is 4.99 Å². The molecule has 1 aliphatic carbocycles. The first-order valence-electron chi connectivity index (χ1n) is 8.30. The van der Waals surface area contributed by atoms with Crippen LogP contribution in [0.1, 0.15) is 38.2 Å². The summed E-state index contributed by atoms with van der Waals surface area (Å²) >= 11 is 1.80. The fraction of sp³-hybridized carbons (Fsp3) is 0.500. The smallest absolute Gasteiger partial charge is 0.269 e. The van der Waals surface area contributed by atoms with Gasteiger partial charge in [-0.2, -0.15) is 0 Å². The molecule has 1 aliphatic heterocycles. The average Bonchev–Trinajstić information content (AvgIpc) is 3.11. The molecule has 0 bridgehead atoms. The second kappa shape index (κ2) is 6.59. The molecule has 0 amide bonds. The van der Waals surface area contributed by atoms with E-state index in [1.165, 1.54) is 31.7 Å². The predicted octanol–water partition coefficient (Wildman–Crippen LogP) is 4.83. The molecule has 0 N–H and O–H groups in total. The summed E-state index contributed by atoms with van der Waals surface area (Å²) in [4.78, 5) is 17.8. The number of nitro benzene ring substituents is 1. The zero-order valence-corrected chi connectivity index (χ0v) is 15.1. The Balaban J connectivity index is 1.93. The van der Waals surface area contributed by atoms with Crippen molar-refractivity contribution in [1.82, 2.24) is 4.90 Å². The standard InChI is InChI=1S/C18H23N3O2S/c1-13(2)11-20-17(24-12-18(20)8-4-5-9-18)19-16-7-6-15(21(22)23)10-14(16)3/h6-7,10H,1,4-5,8-9,11-12H2,2-3H3.